The second-order valence-corrected chi connectivity index (χ2v) is 7.22. The smallest absolute Gasteiger partial charge is 0.348 e. The van der Waals surface area contributed by atoms with Crippen LogP contribution in [0.15, 0.2) is 54.6 Å². The fourth-order valence-corrected chi connectivity index (χ4v) is 3.50. The molecule has 3 rings (SSSR count). The highest BCUT2D eigenvalue weighted by Gasteiger charge is 2.43. The Kier molecular flexibility index (Phi) is 6.17. The first-order chi connectivity index (χ1) is 12.6. The van der Waals surface area contributed by atoms with Crippen molar-refractivity contribution in [1.82, 2.24) is 4.90 Å². The van der Waals surface area contributed by atoms with Crippen LogP contribution >= 0.6 is 11.6 Å². The van der Waals surface area contributed by atoms with Gasteiger partial charge >= 0.3 is 5.97 Å². The summed E-state index contributed by atoms with van der Waals surface area (Å²) in [6, 6.07) is 17.3. The molecule has 1 fully saturated rings. The number of piperidine rings is 1. The van der Waals surface area contributed by atoms with Crippen LogP contribution in [0.5, 0.6) is 5.75 Å². The molecule has 0 amide bonds. The van der Waals surface area contributed by atoms with Gasteiger partial charge in [0.05, 0.1) is 0 Å². The molecule has 1 N–H and O–H groups in total. The summed E-state index contributed by atoms with van der Waals surface area (Å²) < 4.78 is 5.90. The molecule has 0 radical (unpaired) electrons. The molecule has 0 spiro atoms. The number of hydrogen-bond acceptors (Lipinski definition) is 3. The second kappa shape index (κ2) is 8.56. The maximum atomic E-state index is 11.9. The number of benzene rings is 2. The molecule has 2 aromatic rings. The van der Waals surface area contributed by atoms with Gasteiger partial charge in [-0.15, -0.1) is 0 Å². The molecular formula is C21H24ClNO3. The minimum absolute atomic E-state index is 0.482. The van der Waals surface area contributed by atoms with Crippen molar-refractivity contribution in [3.63, 3.8) is 0 Å². The largest absolute Gasteiger partial charge is 0.478 e. The molecule has 1 aliphatic rings. The van der Waals surface area contributed by atoms with E-state index < -0.39 is 11.6 Å². The Morgan fingerprint density at radius 3 is 2.35 bits per heavy atom. The van der Waals surface area contributed by atoms with Crippen LogP contribution in [0.25, 0.3) is 0 Å². The van der Waals surface area contributed by atoms with Crippen LogP contribution < -0.4 is 4.74 Å². The van der Waals surface area contributed by atoms with Crippen LogP contribution in [-0.4, -0.2) is 41.2 Å². The SMILES string of the molecule is O=C(O)C1(Oc2ccc(Cl)cc2)CCN(CCCc2ccccc2)CC1. The number of halogens is 1. The normalized spacial score (nSPS) is 17.0. The number of ether oxygens (including phenoxy) is 1. The van der Waals surface area contributed by atoms with Gasteiger partial charge in [-0.05, 0) is 49.2 Å². The van der Waals surface area contributed by atoms with Crippen LogP contribution in [0, 0.1) is 0 Å². The number of carboxylic acid groups (broad SMARTS) is 1. The molecule has 1 heterocycles. The predicted molar refractivity (Wildman–Crippen MR) is 103 cm³/mol. The van der Waals surface area contributed by atoms with Crippen LogP contribution in [0.3, 0.4) is 0 Å². The maximum absolute atomic E-state index is 11.9. The zero-order valence-corrected chi connectivity index (χ0v) is 15.5. The lowest BCUT2D eigenvalue weighted by Crippen LogP contribution is -2.53. The van der Waals surface area contributed by atoms with E-state index in [1.165, 1.54) is 5.56 Å². The minimum Gasteiger partial charge on any atom is -0.478 e. The molecule has 0 aliphatic carbocycles. The van der Waals surface area contributed by atoms with Crippen molar-refractivity contribution in [3.05, 3.63) is 65.2 Å². The van der Waals surface area contributed by atoms with Crippen LogP contribution in [-0.2, 0) is 11.2 Å². The summed E-state index contributed by atoms with van der Waals surface area (Å²) in [5.74, 6) is -0.342. The van der Waals surface area contributed by atoms with Crippen molar-refractivity contribution < 1.29 is 14.6 Å². The van der Waals surface area contributed by atoms with Crippen LogP contribution in [0.4, 0.5) is 0 Å². The third kappa shape index (κ3) is 4.77. The predicted octanol–water partition coefficient (Wildman–Crippen LogP) is 4.27. The highest BCUT2D eigenvalue weighted by Crippen LogP contribution is 2.30. The lowest BCUT2D eigenvalue weighted by Gasteiger charge is -2.38. The quantitative estimate of drug-likeness (QED) is 0.787. The number of likely N-dealkylation sites (tertiary alicyclic amines) is 1. The number of carbonyl (C=O) groups is 1. The van der Waals surface area contributed by atoms with E-state index >= 15 is 0 Å². The van der Waals surface area contributed by atoms with Crippen LogP contribution in [0.2, 0.25) is 5.02 Å². The summed E-state index contributed by atoms with van der Waals surface area (Å²) in [6.45, 7) is 2.44. The Morgan fingerprint density at radius 2 is 1.73 bits per heavy atom. The number of hydrogen-bond donors (Lipinski definition) is 1. The molecular weight excluding hydrogens is 350 g/mol. The Balaban J connectivity index is 1.52. The van der Waals surface area contributed by atoms with Gasteiger partial charge in [0.15, 0.2) is 0 Å². The van der Waals surface area contributed by atoms with Gasteiger partial charge in [0.25, 0.3) is 0 Å². The lowest BCUT2D eigenvalue weighted by molar-refractivity contribution is -0.159. The molecule has 4 nitrogen and oxygen atoms in total. The van der Waals surface area contributed by atoms with Crippen molar-refractivity contribution in [2.24, 2.45) is 0 Å². The van der Waals surface area contributed by atoms with E-state index in [1.807, 2.05) is 6.07 Å². The molecule has 0 atom stereocenters. The van der Waals surface area contributed by atoms with Gasteiger partial charge in [0.2, 0.25) is 5.60 Å². The van der Waals surface area contributed by atoms with Gasteiger partial charge < -0.3 is 14.7 Å². The zero-order valence-electron chi connectivity index (χ0n) is 14.7. The molecule has 2 aromatic carbocycles. The molecule has 26 heavy (non-hydrogen) atoms. The van der Waals surface area contributed by atoms with Gasteiger partial charge in [0, 0.05) is 31.0 Å². The summed E-state index contributed by atoms with van der Waals surface area (Å²) in [5.41, 5.74) is 0.194. The highest BCUT2D eigenvalue weighted by atomic mass is 35.5. The summed E-state index contributed by atoms with van der Waals surface area (Å²) in [6.07, 6.45) is 3.08. The van der Waals surface area contributed by atoms with Gasteiger partial charge in [-0.25, -0.2) is 4.79 Å². The third-order valence-electron chi connectivity index (χ3n) is 4.96. The van der Waals surface area contributed by atoms with E-state index in [9.17, 15) is 9.90 Å². The Labute approximate surface area is 159 Å². The fourth-order valence-electron chi connectivity index (χ4n) is 3.38. The van der Waals surface area contributed by atoms with E-state index in [0.717, 1.165) is 32.5 Å². The highest BCUT2D eigenvalue weighted by molar-refractivity contribution is 6.30. The molecule has 0 bridgehead atoms. The molecule has 0 unspecified atom stereocenters. The van der Waals surface area contributed by atoms with Gasteiger partial charge in [-0.3, -0.25) is 0 Å². The standard InChI is InChI=1S/C21H24ClNO3/c22-18-8-10-19(11-9-18)26-21(20(24)25)12-15-23(16-13-21)14-4-7-17-5-2-1-3-6-17/h1-3,5-6,8-11H,4,7,12-16H2,(H,24,25). The monoisotopic (exact) mass is 373 g/mol. The van der Waals surface area contributed by atoms with Gasteiger partial charge in [-0.1, -0.05) is 41.9 Å². The molecule has 5 heteroatoms. The first kappa shape index (κ1) is 18.7. The Morgan fingerprint density at radius 1 is 1.08 bits per heavy atom. The van der Waals surface area contributed by atoms with Crippen molar-refractivity contribution >= 4 is 17.6 Å². The number of rotatable bonds is 7. The summed E-state index contributed by atoms with van der Waals surface area (Å²) in [7, 11) is 0. The van der Waals surface area contributed by atoms with E-state index in [4.69, 9.17) is 16.3 Å². The van der Waals surface area contributed by atoms with Gasteiger partial charge in [0.1, 0.15) is 5.75 Å². The average Bonchev–Trinajstić information content (AvgIpc) is 2.66. The Hall–Kier alpha value is -2.04. The Bertz CT molecular complexity index is 710. The van der Waals surface area contributed by atoms with E-state index in [-0.39, 0.29) is 0 Å². The molecule has 138 valence electrons. The summed E-state index contributed by atoms with van der Waals surface area (Å²) >= 11 is 5.88. The van der Waals surface area contributed by atoms with Crippen LogP contribution in [0.1, 0.15) is 24.8 Å². The number of carboxylic acids is 1. The van der Waals surface area contributed by atoms with E-state index in [2.05, 4.69) is 29.2 Å². The molecule has 1 aliphatic heterocycles. The molecule has 1 saturated heterocycles. The maximum Gasteiger partial charge on any atom is 0.348 e. The zero-order chi connectivity index (χ0) is 18.4. The van der Waals surface area contributed by atoms with E-state index in [0.29, 0.717) is 23.6 Å². The molecule has 0 aromatic heterocycles. The minimum atomic E-state index is -1.15. The van der Waals surface area contributed by atoms with Crippen molar-refractivity contribution in [1.29, 1.82) is 0 Å². The first-order valence-corrected chi connectivity index (χ1v) is 9.39. The van der Waals surface area contributed by atoms with Crippen molar-refractivity contribution in [2.45, 2.75) is 31.3 Å². The summed E-state index contributed by atoms with van der Waals surface area (Å²) in [4.78, 5) is 14.2. The first-order valence-electron chi connectivity index (χ1n) is 9.02. The fraction of sp³-hybridized carbons (Fsp3) is 0.381. The number of aliphatic carboxylic acids is 1. The number of nitrogens with zero attached hydrogens (tertiary/aromatic N) is 1. The van der Waals surface area contributed by atoms with E-state index in [1.54, 1.807) is 24.3 Å². The number of aryl methyl sites for hydroxylation is 1. The van der Waals surface area contributed by atoms with Crippen molar-refractivity contribution in [3.8, 4) is 5.75 Å². The average molecular weight is 374 g/mol. The lowest BCUT2D eigenvalue weighted by atomic mass is 9.90. The van der Waals surface area contributed by atoms with Crippen molar-refractivity contribution in [2.75, 3.05) is 19.6 Å². The third-order valence-corrected chi connectivity index (χ3v) is 5.21. The second-order valence-electron chi connectivity index (χ2n) is 6.79. The topological polar surface area (TPSA) is 49.8 Å². The van der Waals surface area contributed by atoms with Gasteiger partial charge in [-0.2, -0.15) is 0 Å². The summed E-state index contributed by atoms with van der Waals surface area (Å²) in [5, 5.41) is 10.4. The molecule has 0 saturated carbocycles.